The van der Waals surface area contributed by atoms with E-state index in [2.05, 4.69) is 30.0 Å². The summed E-state index contributed by atoms with van der Waals surface area (Å²) < 4.78 is 0. The number of nitrogens with two attached hydrogens (primary N) is 1. The molecule has 0 amide bonds. The monoisotopic (exact) mass is 243 g/mol. The van der Waals surface area contributed by atoms with Crippen LogP contribution in [-0.2, 0) is 6.54 Å². The molecule has 0 radical (unpaired) electrons. The van der Waals surface area contributed by atoms with Crippen molar-refractivity contribution in [3.8, 4) is 6.07 Å². The molecular weight excluding hydrogens is 222 g/mol. The van der Waals surface area contributed by atoms with E-state index in [0.29, 0.717) is 12.0 Å². The average Bonchev–Trinajstić information content (AvgIpc) is 2.42. The van der Waals surface area contributed by atoms with Crippen LogP contribution in [0.4, 0.5) is 0 Å². The summed E-state index contributed by atoms with van der Waals surface area (Å²) in [5, 5.41) is 8.78. The van der Waals surface area contributed by atoms with Gasteiger partial charge in [0.15, 0.2) is 0 Å². The predicted molar refractivity (Wildman–Crippen MR) is 72.8 cm³/mol. The van der Waals surface area contributed by atoms with E-state index in [1.54, 1.807) is 0 Å². The summed E-state index contributed by atoms with van der Waals surface area (Å²) in [6.45, 7) is 5.13. The van der Waals surface area contributed by atoms with Crippen molar-refractivity contribution in [3.05, 3.63) is 35.4 Å². The molecule has 3 nitrogen and oxygen atoms in total. The Kier molecular flexibility index (Phi) is 4.35. The lowest BCUT2D eigenvalue weighted by Crippen LogP contribution is -2.43. The highest BCUT2D eigenvalue weighted by Crippen LogP contribution is 2.23. The highest BCUT2D eigenvalue weighted by atomic mass is 15.2. The molecule has 1 aliphatic rings. The molecule has 2 atom stereocenters. The number of nitriles is 1. The Morgan fingerprint density at radius 3 is 2.67 bits per heavy atom. The van der Waals surface area contributed by atoms with Gasteiger partial charge >= 0.3 is 0 Å². The molecule has 1 aromatic rings. The number of rotatable bonds is 3. The van der Waals surface area contributed by atoms with Crippen molar-refractivity contribution >= 4 is 0 Å². The topological polar surface area (TPSA) is 53.0 Å². The van der Waals surface area contributed by atoms with Crippen LogP contribution in [0.1, 0.15) is 30.9 Å². The number of benzene rings is 1. The van der Waals surface area contributed by atoms with Crippen molar-refractivity contribution in [1.82, 2.24) is 4.90 Å². The molecule has 2 rings (SSSR count). The van der Waals surface area contributed by atoms with Crippen molar-refractivity contribution in [2.75, 3.05) is 13.1 Å². The van der Waals surface area contributed by atoms with Crippen LogP contribution in [0.3, 0.4) is 0 Å². The minimum Gasteiger partial charge on any atom is -0.330 e. The summed E-state index contributed by atoms with van der Waals surface area (Å²) in [4.78, 5) is 2.50. The molecule has 1 saturated heterocycles. The van der Waals surface area contributed by atoms with Gasteiger partial charge in [-0.15, -0.1) is 0 Å². The maximum absolute atomic E-state index is 8.78. The van der Waals surface area contributed by atoms with Crippen LogP contribution in [0.5, 0.6) is 0 Å². The van der Waals surface area contributed by atoms with E-state index >= 15 is 0 Å². The molecule has 3 heteroatoms. The SMILES string of the molecule is CC1CCC(CN)CN1Cc1ccc(C#N)cc1. The second-order valence-electron chi connectivity index (χ2n) is 5.27. The minimum atomic E-state index is 0.628. The van der Waals surface area contributed by atoms with E-state index in [0.717, 1.165) is 25.2 Å². The second-order valence-corrected chi connectivity index (χ2v) is 5.27. The third kappa shape index (κ3) is 3.10. The molecule has 0 aromatic heterocycles. The maximum Gasteiger partial charge on any atom is 0.0991 e. The Morgan fingerprint density at radius 1 is 1.33 bits per heavy atom. The van der Waals surface area contributed by atoms with Crippen LogP contribution in [-0.4, -0.2) is 24.0 Å². The first-order valence-corrected chi connectivity index (χ1v) is 6.66. The quantitative estimate of drug-likeness (QED) is 0.884. The number of likely N-dealkylation sites (tertiary alicyclic amines) is 1. The molecule has 1 fully saturated rings. The molecule has 1 heterocycles. The van der Waals surface area contributed by atoms with E-state index in [-0.39, 0.29) is 0 Å². The minimum absolute atomic E-state index is 0.628. The fourth-order valence-electron chi connectivity index (χ4n) is 2.59. The van der Waals surface area contributed by atoms with Crippen LogP contribution < -0.4 is 5.73 Å². The maximum atomic E-state index is 8.78. The molecule has 0 saturated carbocycles. The first kappa shape index (κ1) is 13.1. The van der Waals surface area contributed by atoms with Crippen LogP contribution in [0.2, 0.25) is 0 Å². The summed E-state index contributed by atoms with van der Waals surface area (Å²) in [7, 11) is 0. The molecule has 0 spiro atoms. The fraction of sp³-hybridized carbons (Fsp3) is 0.533. The summed E-state index contributed by atoms with van der Waals surface area (Å²) >= 11 is 0. The van der Waals surface area contributed by atoms with Gasteiger partial charge in [-0.25, -0.2) is 0 Å². The van der Waals surface area contributed by atoms with E-state index < -0.39 is 0 Å². The molecule has 2 unspecified atom stereocenters. The Balaban J connectivity index is 2.00. The zero-order valence-electron chi connectivity index (χ0n) is 11.0. The number of hydrogen-bond acceptors (Lipinski definition) is 3. The normalized spacial score (nSPS) is 24.7. The zero-order valence-corrected chi connectivity index (χ0v) is 11.0. The number of hydrogen-bond donors (Lipinski definition) is 1. The lowest BCUT2D eigenvalue weighted by atomic mass is 9.93. The highest BCUT2D eigenvalue weighted by molar-refractivity contribution is 5.31. The van der Waals surface area contributed by atoms with Crippen LogP contribution in [0.15, 0.2) is 24.3 Å². The molecular formula is C15H21N3. The highest BCUT2D eigenvalue weighted by Gasteiger charge is 2.24. The molecule has 96 valence electrons. The van der Waals surface area contributed by atoms with Gasteiger partial charge in [-0.1, -0.05) is 12.1 Å². The van der Waals surface area contributed by atoms with Gasteiger partial charge in [0, 0.05) is 19.1 Å². The summed E-state index contributed by atoms with van der Waals surface area (Å²) in [5.74, 6) is 0.639. The second kappa shape index (κ2) is 5.99. The molecule has 0 aliphatic carbocycles. The van der Waals surface area contributed by atoms with E-state index in [9.17, 15) is 0 Å². The Morgan fingerprint density at radius 2 is 2.06 bits per heavy atom. The first-order valence-electron chi connectivity index (χ1n) is 6.66. The zero-order chi connectivity index (χ0) is 13.0. The van der Waals surface area contributed by atoms with E-state index in [1.165, 1.54) is 18.4 Å². The van der Waals surface area contributed by atoms with E-state index in [1.807, 2.05) is 12.1 Å². The van der Waals surface area contributed by atoms with Crippen molar-refractivity contribution in [3.63, 3.8) is 0 Å². The van der Waals surface area contributed by atoms with Gasteiger partial charge < -0.3 is 5.73 Å². The largest absolute Gasteiger partial charge is 0.330 e. The van der Waals surface area contributed by atoms with Crippen molar-refractivity contribution in [1.29, 1.82) is 5.26 Å². The molecule has 1 aromatic carbocycles. The molecule has 2 N–H and O–H groups in total. The van der Waals surface area contributed by atoms with Crippen molar-refractivity contribution in [2.24, 2.45) is 11.7 Å². The summed E-state index contributed by atoms with van der Waals surface area (Å²) in [6.07, 6.45) is 2.49. The lowest BCUT2D eigenvalue weighted by molar-refractivity contribution is 0.113. The smallest absolute Gasteiger partial charge is 0.0991 e. The van der Waals surface area contributed by atoms with Gasteiger partial charge in [0.2, 0.25) is 0 Å². The number of nitrogens with zero attached hydrogens (tertiary/aromatic N) is 2. The third-order valence-corrected chi connectivity index (χ3v) is 3.91. The van der Waals surface area contributed by atoms with Crippen molar-refractivity contribution < 1.29 is 0 Å². The van der Waals surface area contributed by atoms with Crippen molar-refractivity contribution in [2.45, 2.75) is 32.4 Å². The summed E-state index contributed by atoms with van der Waals surface area (Å²) in [5.41, 5.74) is 7.78. The Hall–Kier alpha value is -1.37. The van der Waals surface area contributed by atoms with E-state index in [4.69, 9.17) is 11.0 Å². The fourth-order valence-corrected chi connectivity index (χ4v) is 2.59. The molecule has 1 aliphatic heterocycles. The Bertz CT molecular complexity index is 418. The first-order chi connectivity index (χ1) is 8.72. The van der Waals surface area contributed by atoms with Gasteiger partial charge in [-0.05, 0) is 49.9 Å². The molecule has 0 bridgehead atoms. The van der Waals surface area contributed by atoms with Crippen LogP contribution >= 0.6 is 0 Å². The number of piperidine rings is 1. The predicted octanol–water partition coefficient (Wildman–Crippen LogP) is 2.12. The van der Waals surface area contributed by atoms with Crippen LogP contribution in [0, 0.1) is 17.2 Å². The standard InChI is InChI=1S/C15H21N3/c1-12-2-3-15(9-17)11-18(12)10-14-6-4-13(8-16)5-7-14/h4-7,12,15H,2-3,9-11,17H2,1H3. The Labute approximate surface area is 109 Å². The van der Waals surface area contributed by atoms with Gasteiger partial charge in [0.1, 0.15) is 0 Å². The lowest BCUT2D eigenvalue weighted by Gasteiger charge is -2.37. The van der Waals surface area contributed by atoms with Gasteiger partial charge in [-0.3, -0.25) is 4.90 Å². The van der Waals surface area contributed by atoms with Gasteiger partial charge in [0.25, 0.3) is 0 Å². The van der Waals surface area contributed by atoms with Crippen LogP contribution in [0.25, 0.3) is 0 Å². The summed E-state index contributed by atoms with van der Waals surface area (Å²) in [6, 6.07) is 10.7. The van der Waals surface area contributed by atoms with Gasteiger partial charge in [0.05, 0.1) is 11.6 Å². The van der Waals surface area contributed by atoms with Gasteiger partial charge in [-0.2, -0.15) is 5.26 Å². The average molecular weight is 243 g/mol. The third-order valence-electron chi connectivity index (χ3n) is 3.91. The molecule has 18 heavy (non-hydrogen) atoms.